The summed E-state index contributed by atoms with van der Waals surface area (Å²) in [5, 5.41) is 0. The summed E-state index contributed by atoms with van der Waals surface area (Å²) in [6.45, 7) is 2.27. The number of rotatable bonds is 7. The third-order valence-corrected chi connectivity index (χ3v) is 8.55. The summed E-state index contributed by atoms with van der Waals surface area (Å²) in [4.78, 5) is 0. The van der Waals surface area contributed by atoms with Crippen LogP contribution in [-0.4, -0.2) is 49.2 Å². The summed E-state index contributed by atoms with van der Waals surface area (Å²) in [5.74, 6) is 0. The van der Waals surface area contributed by atoms with Gasteiger partial charge in [-0.3, -0.25) is 0 Å². The van der Waals surface area contributed by atoms with Gasteiger partial charge in [-0.15, -0.1) is 0 Å². The Bertz CT molecular complexity index is 762. The van der Waals surface area contributed by atoms with Gasteiger partial charge in [-0.1, -0.05) is 61.4 Å². The minimum absolute atomic E-state index is 0.826. The van der Waals surface area contributed by atoms with Crippen LogP contribution in [0.15, 0.2) is 48.5 Å². The zero-order valence-electron chi connectivity index (χ0n) is 21.2. The summed E-state index contributed by atoms with van der Waals surface area (Å²) >= 11 is 0. The molecule has 2 saturated carbocycles. The van der Waals surface area contributed by atoms with Crippen LogP contribution in [0.5, 0.6) is 0 Å². The monoisotopic (exact) mass is 434 g/mol. The van der Waals surface area contributed by atoms with Gasteiger partial charge in [0.2, 0.25) is 0 Å². The van der Waals surface area contributed by atoms with Crippen LogP contribution in [0, 0.1) is 0 Å². The minimum Gasteiger partial charge on any atom is -0.322 e. The summed E-state index contributed by atoms with van der Waals surface area (Å²) in [7, 11) is 9.71. The Balaban J connectivity index is 1.37. The van der Waals surface area contributed by atoms with Gasteiger partial charge in [0.15, 0.2) is 0 Å². The first-order valence-electron chi connectivity index (χ1n) is 13.2. The Labute approximate surface area is 197 Å². The molecule has 32 heavy (non-hydrogen) atoms. The fourth-order valence-corrected chi connectivity index (χ4v) is 6.36. The summed E-state index contributed by atoms with van der Waals surface area (Å²) in [6, 6.07) is 20.4. The molecule has 0 radical (unpaired) electrons. The predicted octanol–water partition coefficient (Wildman–Crippen LogP) is 7.17. The van der Waals surface area contributed by atoms with Crippen molar-refractivity contribution < 1.29 is 8.97 Å². The number of nitrogens with zero attached hydrogens (tertiary/aromatic N) is 2. The quantitative estimate of drug-likeness (QED) is 0.405. The van der Waals surface area contributed by atoms with Crippen molar-refractivity contribution in [3.8, 4) is 11.1 Å². The Morgan fingerprint density at radius 2 is 0.812 bits per heavy atom. The maximum atomic E-state index is 2.43. The normalized spacial score (nSPS) is 19.2. The largest absolute Gasteiger partial charge is 0.322 e. The molecule has 2 aliphatic rings. The average Bonchev–Trinajstić information content (AvgIpc) is 2.81. The predicted molar refractivity (Wildman–Crippen MR) is 137 cm³/mol. The molecule has 2 nitrogen and oxygen atoms in total. The topological polar surface area (TPSA) is 0 Å². The van der Waals surface area contributed by atoms with Crippen LogP contribution in [0.1, 0.15) is 75.3 Å². The van der Waals surface area contributed by atoms with Crippen molar-refractivity contribution in [1.29, 1.82) is 0 Å². The molecule has 2 aromatic carbocycles. The van der Waals surface area contributed by atoms with Crippen LogP contribution >= 0.6 is 0 Å². The maximum absolute atomic E-state index is 2.43. The van der Waals surface area contributed by atoms with E-state index in [9.17, 15) is 0 Å². The Morgan fingerprint density at radius 3 is 1.12 bits per heavy atom. The van der Waals surface area contributed by atoms with E-state index in [4.69, 9.17) is 0 Å². The van der Waals surface area contributed by atoms with Gasteiger partial charge in [-0.2, -0.15) is 0 Å². The summed E-state index contributed by atoms with van der Waals surface area (Å²) in [6.07, 6.45) is 14.1. The Hall–Kier alpha value is -1.64. The van der Waals surface area contributed by atoms with Gasteiger partial charge in [0.05, 0.1) is 40.3 Å². The smallest absolute Gasteiger partial charge is 0.104 e. The summed E-state index contributed by atoms with van der Waals surface area (Å²) < 4.78 is 2.26. The molecule has 0 aromatic heterocycles. The summed E-state index contributed by atoms with van der Waals surface area (Å²) in [5.41, 5.74) is 5.61. The minimum atomic E-state index is 0.826. The van der Waals surface area contributed by atoms with Gasteiger partial charge < -0.3 is 8.97 Å². The van der Waals surface area contributed by atoms with Crippen molar-refractivity contribution in [3.05, 3.63) is 59.7 Å². The molecule has 174 valence electrons. The van der Waals surface area contributed by atoms with Crippen molar-refractivity contribution in [1.82, 2.24) is 0 Å². The van der Waals surface area contributed by atoms with Crippen LogP contribution in [0.25, 0.3) is 11.1 Å². The molecule has 2 heteroatoms. The second-order valence-corrected chi connectivity index (χ2v) is 11.9. The van der Waals surface area contributed by atoms with Gasteiger partial charge in [0.25, 0.3) is 0 Å². The van der Waals surface area contributed by atoms with Crippen LogP contribution in [0.3, 0.4) is 0 Å². The van der Waals surface area contributed by atoms with E-state index in [1.54, 1.807) is 0 Å². The van der Waals surface area contributed by atoms with E-state index in [1.165, 1.54) is 86.5 Å². The van der Waals surface area contributed by atoms with Gasteiger partial charge in [0.1, 0.15) is 13.1 Å². The molecule has 0 bridgehead atoms. The second kappa shape index (κ2) is 10.1. The van der Waals surface area contributed by atoms with Crippen molar-refractivity contribution in [2.75, 3.05) is 28.2 Å². The third-order valence-electron chi connectivity index (χ3n) is 8.55. The molecule has 4 rings (SSSR count). The van der Waals surface area contributed by atoms with Gasteiger partial charge in [0, 0.05) is 11.1 Å². The van der Waals surface area contributed by atoms with Crippen molar-refractivity contribution in [2.45, 2.75) is 89.4 Å². The molecule has 0 heterocycles. The first-order chi connectivity index (χ1) is 15.3. The molecule has 0 N–H and O–H groups in total. The Morgan fingerprint density at radius 1 is 0.500 bits per heavy atom. The van der Waals surface area contributed by atoms with Crippen LogP contribution < -0.4 is 0 Å². The SMILES string of the molecule is C[N+](C)(Cc1ccc(-c2ccc(C[N+](C)(C)C3CCCCC3)cc2)cc1)C1CCCCC1. The van der Waals surface area contributed by atoms with Crippen LogP contribution in [0.4, 0.5) is 0 Å². The van der Waals surface area contributed by atoms with E-state index in [2.05, 4.69) is 76.7 Å². The number of hydrogen-bond donors (Lipinski definition) is 0. The Kier molecular flexibility index (Phi) is 7.42. The van der Waals surface area contributed by atoms with E-state index in [0.717, 1.165) is 34.1 Å². The third kappa shape index (κ3) is 5.83. The van der Waals surface area contributed by atoms with Crippen molar-refractivity contribution in [3.63, 3.8) is 0 Å². The number of hydrogen-bond acceptors (Lipinski definition) is 0. The van der Waals surface area contributed by atoms with E-state index in [1.807, 2.05) is 0 Å². The highest BCUT2D eigenvalue weighted by atomic mass is 15.3. The molecule has 0 saturated heterocycles. The van der Waals surface area contributed by atoms with Crippen molar-refractivity contribution in [2.24, 2.45) is 0 Å². The number of benzene rings is 2. The maximum Gasteiger partial charge on any atom is 0.104 e. The van der Waals surface area contributed by atoms with Gasteiger partial charge in [-0.05, 0) is 62.5 Å². The zero-order valence-corrected chi connectivity index (χ0v) is 21.2. The lowest BCUT2D eigenvalue weighted by atomic mass is 9.92. The molecule has 0 atom stereocenters. The number of quaternary nitrogens is 2. The van der Waals surface area contributed by atoms with Gasteiger partial charge in [-0.25, -0.2) is 0 Å². The fraction of sp³-hybridized carbons (Fsp3) is 0.600. The highest BCUT2D eigenvalue weighted by Crippen LogP contribution is 2.30. The molecule has 2 fully saturated rings. The van der Waals surface area contributed by atoms with Crippen LogP contribution in [-0.2, 0) is 13.1 Å². The first-order valence-corrected chi connectivity index (χ1v) is 13.2. The first kappa shape index (κ1) is 23.5. The zero-order chi connectivity index (χ0) is 22.6. The highest BCUT2D eigenvalue weighted by molar-refractivity contribution is 5.63. The molecule has 2 aromatic rings. The molecular formula is C30H46N2+2. The van der Waals surface area contributed by atoms with E-state index in [0.29, 0.717) is 0 Å². The molecule has 0 amide bonds. The van der Waals surface area contributed by atoms with Gasteiger partial charge >= 0.3 is 0 Å². The highest BCUT2D eigenvalue weighted by Gasteiger charge is 2.30. The standard InChI is InChI=1S/C30H46N2/c1-31(2,29-11-7-5-8-12-29)23-25-15-19-27(20-16-25)28-21-17-26(18-22-28)24-32(3,4)30-13-9-6-10-14-30/h15-22,29-30H,5-14,23-24H2,1-4H3/q+2. The lowest BCUT2D eigenvalue weighted by Gasteiger charge is -2.40. The van der Waals surface area contributed by atoms with Crippen molar-refractivity contribution >= 4 is 0 Å². The fourth-order valence-electron chi connectivity index (χ4n) is 6.36. The molecule has 0 unspecified atom stereocenters. The lowest BCUT2D eigenvalue weighted by Crippen LogP contribution is -2.48. The lowest BCUT2D eigenvalue weighted by molar-refractivity contribution is -0.929. The second-order valence-electron chi connectivity index (χ2n) is 11.9. The van der Waals surface area contributed by atoms with Crippen LogP contribution in [0.2, 0.25) is 0 Å². The molecule has 2 aliphatic carbocycles. The molecular weight excluding hydrogens is 388 g/mol. The van der Waals surface area contributed by atoms with E-state index < -0.39 is 0 Å². The van der Waals surface area contributed by atoms with E-state index >= 15 is 0 Å². The molecule has 0 aliphatic heterocycles. The molecule has 0 spiro atoms. The average molecular weight is 435 g/mol. The van der Waals surface area contributed by atoms with E-state index in [-0.39, 0.29) is 0 Å².